The highest BCUT2D eigenvalue weighted by atomic mass is 32.1. The molecule has 0 aliphatic carbocycles. The Kier molecular flexibility index (Phi) is 7.43. The van der Waals surface area contributed by atoms with E-state index in [1.54, 1.807) is 7.11 Å². The van der Waals surface area contributed by atoms with Gasteiger partial charge < -0.3 is 9.47 Å². The van der Waals surface area contributed by atoms with Gasteiger partial charge in [-0.05, 0) is 43.9 Å². The summed E-state index contributed by atoms with van der Waals surface area (Å²) in [7, 11) is 3.70. The van der Waals surface area contributed by atoms with Gasteiger partial charge in [-0.25, -0.2) is 4.68 Å². The lowest BCUT2D eigenvalue weighted by Crippen LogP contribution is -2.22. The van der Waals surface area contributed by atoms with Gasteiger partial charge in [-0.1, -0.05) is 42.5 Å². The summed E-state index contributed by atoms with van der Waals surface area (Å²) in [5.41, 5.74) is 2.15. The first-order valence-corrected chi connectivity index (χ1v) is 10.3. The van der Waals surface area contributed by atoms with Crippen LogP contribution in [0.3, 0.4) is 0 Å². The molecular weight excluding hydrogens is 396 g/mol. The van der Waals surface area contributed by atoms with E-state index in [4.69, 9.17) is 26.8 Å². The summed E-state index contributed by atoms with van der Waals surface area (Å²) in [6, 6.07) is 16.1. The summed E-state index contributed by atoms with van der Waals surface area (Å²) in [6.07, 6.45) is 1.84. The van der Waals surface area contributed by atoms with E-state index in [0.29, 0.717) is 24.6 Å². The van der Waals surface area contributed by atoms with Crippen LogP contribution in [0.15, 0.2) is 61.2 Å². The molecule has 0 N–H and O–H groups in total. The van der Waals surface area contributed by atoms with Crippen molar-refractivity contribution in [3.8, 4) is 22.9 Å². The summed E-state index contributed by atoms with van der Waals surface area (Å²) in [4.78, 5) is 2.16. The molecule has 6 nitrogen and oxygen atoms in total. The minimum atomic E-state index is 0.568. The van der Waals surface area contributed by atoms with Gasteiger partial charge in [0.05, 0.1) is 20.4 Å². The SMILES string of the molecule is C=CCn1c(-c2ccccc2)nn(CN(C)Cc2ccc(OCC)c(OC)c2)c1=S. The number of ether oxygens (including phenoxy) is 2. The van der Waals surface area contributed by atoms with Crippen molar-refractivity contribution in [3.63, 3.8) is 0 Å². The van der Waals surface area contributed by atoms with Gasteiger partial charge in [-0.3, -0.25) is 9.47 Å². The minimum Gasteiger partial charge on any atom is -0.493 e. The van der Waals surface area contributed by atoms with Crippen LogP contribution in [-0.4, -0.2) is 40.0 Å². The Morgan fingerprint density at radius 3 is 2.60 bits per heavy atom. The van der Waals surface area contributed by atoms with E-state index < -0.39 is 0 Å². The van der Waals surface area contributed by atoms with Crippen LogP contribution in [0, 0.1) is 4.77 Å². The molecular formula is C23H28N4O2S. The molecule has 0 saturated carbocycles. The van der Waals surface area contributed by atoms with Crippen molar-refractivity contribution in [1.29, 1.82) is 0 Å². The molecule has 0 atom stereocenters. The lowest BCUT2D eigenvalue weighted by molar-refractivity contribution is 0.243. The first-order chi connectivity index (χ1) is 14.6. The van der Waals surface area contributed by atoms with Crippen molar-refractivity contribution in [2.24, 2.45) is 0 Å². The number of hydrogen-bond acceptors (Lipinski definition) is 5. The zero-order valence-electron chi connectivity index (χ0n) is 17.7. The molecule has 158 valence electrons. The standard InChI is InChI=1S/C23H28N4O2S/c1-5-14-26-22(19-10-8-7-9-11-19)24-27(23(26)30)17-25(3)16-18-12-13-20(29-6-2)21(15-18)28-4/h5,7-13,15H,1,6,14,16-17H2,2-4H3. The first-order valence-electron chi connectivity index (χ1n) is 9.89. The third kappa shape index (κ3) is 4.98. The molecule has 1 aromatic heterocycles. The molecule has 3 rings (SSSR count). The van der Waals surface area contributed by atoms with Gasteiger partial charge in [0.25, 0.3) is 0 Å². The highest BCUT2D eigenvalue weighted by Crippen LogP contribution is 2.28. The Morgan fingerprint density at radius 2 is 1.93 bits per heavy atom. The zero-order chi connectivity index (χ0) is 21.5. The van der Waals surface area contributed by atoms with Crippen LogP contribution in [0.1, 0.15) is 12.5 Å². The van der Waals surface area contributed by atoms with Crippen molar-refractivity contribution < 1.29 is 9.47 Å². The average molecular weight is 425 g/mol. The Bertz CT molecular complexity index is 1040. The van der Waals surface area contributed by atoms with Gasteiger partial charge in [-0.2, -0.15) is 5.10 Å². The van der Waals surface area contributed by atoms with Crippen molar-refractivity contribution in [3.05, 3.63) is 71.5 Å². The molecule has 0 bridgehead atoms. The summed E-state index contributed by atoms with van der Waals surface area (Å²) < 4.78 is 15.6. The molecule has 0 amide bonds. The number of rotatable bonds is 10. The second kappa shape index (κ2) is 10.2. The molecule has 7 heteroatoms. The summed E-state index contributed by atoms with van der Waals surface area (Å²) >= 11 is 5.70. The maximum atomic E-state index is 5.70. The third-order valence-corrected chi connectivity index (χ3v) is 5.05. The maximum Gasteiger partial charge on any atom is 0.199 e. The molecule has 0 aliphatic heterocycles. The van der Waals surface area contributed by atoms with E-state index in [0.717, 1.165) is 35.0 Å². The van der Waals surface area contributed by atoms with E-state index in [9.17, 15) is 0 Å². The Morgan fingerprint density at radius 1 is 1.17 bits per heavy atom. The first kappa shape index (κ1) is 21.8. The highest BCUT2D eigenvalue weighted by molar-refractivity contribution is 7.71. The predicted octanol–water partition coefficient (Wildman–Crippen LogP) is 4.76. The summed E-state index contributed by atoms with van der Waals surface area (Å²) in [6.45, 7) is 8.32. The topological polar surface area (TPSA) is 44.5 Å². The van der Waals surface area contributed by atoms with Crippen molar-refractivity contribution in [2.45, 2.75) is 26.7 Å². The van der Waals surface area contributed by atoms with Crippen molar-refractivity contribution >= 4 is 12.2 Å². The molecule has 0 saturated heterocycles. The van der Waals surface area contributed by atoms with Gasteiger partial charge >= 0.3 is 0 Å². The molecule has 0 radical (unpaired) electrons. The number of benzene rings is 2. The maximum absolute atomic E-state index is 5.70. The van der Waals surface area contributed by atoms with Crippen LogP contribution in [0.25, 0.3) is 11.4 Å². The largest absolute Gasteiger partial charge is 0.493 e. The van der Waals surface area contributed by atoms with Gasteiger partial charge in [0, 0.05) is 18.7 Å². The molecule has 0 aliphatic rings. The van der Waals surface area contributed by atoms with Gasteiger partial charge in [0.15, 0.2) is 22.1 Å². The average Bonchev–Trinajstić information content (AvgIpc) is 3.05. The number of methoxy groups -OCH3 is 1. The predicted molar refractivity (Wildman–Crippen MR) is 122 cm³/mol. The van der Waals surface area contributed by atoms with E-state index in [1.807, 2.05) is 71.8 Å². The van der Waals surface area contributed by atoms with E-state index in [2.05, 4.69) is 17.5 Å². The fraction of sp³-hybridized carbons (Fsp3) is 0.304. The van der Waals surface area contributed by atoms with Crippen molar-refractivity contribution in [1.82, 2.24) is 19.2 Å². The molecule has 30 heavy (non-hydrogen) atoms. The second-order valence-electron chi connectivity index (χ2n) is 6.94. The van der Waals surface area contributed by atoms with Crippen LogP contribution in [0.5, 0.6) is 11.5 Å². The molecule has 1 heterocycles. The van der Waals surface area contributed by atoms with E-state index in [1.165, 1.54) is 0 Å². The lowest BCUT2D eigenvalue weighted by atomic mass is 10.2. The van der Waals surface area contributed by atoms with Gasteiger partial charge in [0.2, 0.25) is 0 Å². The summed E-state index contributed by atoms with van der Waals surface area (Å²) in [5, 5.41) is 4.79. The van der Waals surface area contributed by atoms with Crippen LogP contribution < -0.4 is 9.47 Å². The molecule has 0 unspecified atom stereocenters. The summed E-state index contributed by atoms with van der Waals surface area (Å²) in [5.74, 6) is 2.34. The Balaban J connectivity index is 1.81. The quantitative estimate of drug-likeness (QED) is 0.347. The van der Waals surface area contributed by atoms with Crippen LogP contribution in [0.2, 0.25) is 0 Å². The Hall–Kier alpha value is -2.90. The molecule has 0 spiro atoms. The van der Waals surface area contributed by atoms with Gasteiger partial charge in [-0.15, -0.1) is 6.58 Å². The smallest absolute Gasteiger partial charge is 0.199 e. The van der Waals surface area contributed by atoms with Crippen LogP contribution in [0.4, 0.5) is 0 Å². The number of nitrogens with zero attached hydrogens (tertiary/aromatic N) is 4. The lowest BCUT2D eigenvalue weighted by Gasteiger charge is -2.18. The number of aromatic nitrogens is 3. The minimum absolute atomic E-state index is 0.568. The van der Waals surface area contributed by atoms with E-state index in [-0.39, 0.29) is 0 Å². The molecule has 0 fully saturated rings. The second-order valence-corrected chi connectivity index (χ2v) is 7.31. The van der Waals surface area contributed by atoms with Crippen LogP contribution >= 0.6 is 12.2 Å². The number of allylic oxidation sites excluding steroid dienone is 1. The Labute approximate surface area is 183 Å². The fourth-order valence-corrected chi connectivity index (χ4v) is 3.56. The number of hydrogen-bond donors (Lipinski definition) is 0. The zero-order valence-corrected chi connectivity index (χ0v) is 18.6. The fourth-order valence-electron chi connectivity index (χ4n) is 3.30. The molecule has 2 aromatic carbocycles. The van der Waals surface area contributed by atoms with E-state index >= 15 is 0 Å². The molecule has 3 aromatic rings. The van der Waals surface area contributed by atoms with Gasteiger partial charge in [0.1, 0.15) is 0 Å². The normalized spacial score (nSPS) is 10.9. The van der Waals surface area contributed by atoms with Crippen molar-refractivity contribution in [2.75, 3.05) is 20.8 Å². The highest BCUT2D eigenvalue weighted by Gasteiger charge is 2.14. The monoisotopic (exact) mass is 424 g/mol. The third-order valence-electron chi connectivity index (χ3n) is 4.62. The van der Waals surface area contributed by atoms with Crippen LogP contribution in [-0.2, 0) is 19.8 Å².